The Hall–Kier alpha value is -3.36. The number of halogens is 3. The molecule has 0 bridgehead atoms. The van der Waals surface area contributed by atoms with Crippen molar-refractivity contribution in [3.63, 3.8) is 0 Å². The maximum atomic E-state index is 12.9. The van der Waals surface area contributed by atoms with Gasteiger partial charge in [-0.25, -0.2) is 9.59 Å². The smallest absolute Gasteiger partial charge is 0.416 e. The van der Waals surface area contributed by atoms with E-state index in [4.69, 9.17) is 9.47 Å². The number of nitrogens with one attached hydrogen (secondary N) is 1. The number of rotatable bonds is 6. The molecule has 1 atom stereocenters. The molecule has 9 heteroatoms. The molecular weight excluding hydrogens is 427 g/mol. The van der Waals surface area contributed by atoms with Gasteiger partial charge in [-0.3, -0.25) is 4.79 Å². The van der Waals surface area contributed by atoms with E-state index in [1.165, 1.54) is 18.2 Å². The summed E-state index contributed by atoms with van der Waals surface area (Å²) in [4.78, 5) is 36.7. The summed E-state index contributed by atoms with van der Waals surface area (Å²) >= 11 is 0. The second-order valence-electron chi connectivity index (χ2n) is 8.03. The van der Waals surface area contributed by atoms with Crippen molar-refractivity contribution in [1.82, 2.24) is 5.32 Å². The van der Waals surface area contributed by atoms with Crippen LogP contribution < -0.4 is 5.32 Å². The molecular formula is C23H24F3NO5. The number of benzene rings is 2. The summed E-state index contributed by atoms with van der Waals surface area (Å²) < 4.78 is 48.7. The van der Waals surface area contributed by atoms with Crippen molar-refractivity contribution in [3.8, 4) is 0 Å². The highest BCUT2D eigenvalue weighted by Crippen LogP contribution is 2.29. The highest BCUT2D eigenvalue weighted by Gasteiger charge is 2.31. The summed E-state index contributed by atoms with van der Waals surface area (Å²) in [7, 11) is 1.14. The Morgan fingerprint density at radius 2 is 1.59 bits per heavy atom. The normalized spacial score (nSPS) is 12.6. The first-order chi connectivity index (χ1) is 14.8. The molecule has 2 aromatic carbocycles. The van der Waals surface area contributed by atoms with Gasteiger partial charge in [0.15, 0.2) is 0 Å². The molecule has 0 aliphatic rings. The lowest BCUT2D eigenvalue weighted by molar-refractivity contribution is -0.143. The Labute approximate surface area is 183 Å². The van der Waals surface area contributed by atoms with Crippen molar-refractivity contribution < 1.29 is 37.0 Å². The van der Waals surface area contributed by atoms with Gasteiger partial charge < -0.3 is 14.8 Å². The summed E-state index contributed by atoms with van der Waals surface area (Å²) in [6.45, 7) is 5.23. The van der Waals surface area contributed by atoms with E-state index >= 15 is 0 Å². The van der Waals surface area contributed by atoms with Crippen LogP contribution in [0.2, 0.25) is 0 Å². The average Bonchev–Trinajstić information content (AvgIpc) is 2.71. The number of alkyl halides is 3. The van der Waals surface area contributed by atoms with Crippen molar-refractivity contribution >= 4 is 17.8 Å². The van der Waals surface area contributed by atoms with Crippen LogP contribution in [0.4, 0.5) is 13.2 Å². The number of carbonyl (C=O) groups excluding carboxylic acids is 3. The van der Waals surface area contributed by atoms with E-state index < -0.39 is 41.2 Å². The molecule has 1 N–H and O–H groups in total. The topological polar surface area (TPSA) is 81.7 Å². The molecule has 0 aliphatic carbocycles. The quantitative estimate of drug-likeness (QED) is 0.667. The summed E-state index contributed by atoms with van der Waals surface area (Å²) in [5, 5.41) is 2.41. The zero-order valence-electron chi connectivity index (χ0n) is 18.1. The van der Waals surface area contributed by atoms with Crippen LogP contribution in [0.5, 0.6) is 0 Å². The second kappa shape index (κ2) is 9.84. The van der Waals surface area contributed by atoms with Crippen molar-refractivity contribution in [2.75, 3.05) is 7.11 Å². The number of ether oxygens (including phenoxy) is 2. The predicted molar refractivity (Wildman–Crippen MR) is 110 cm³/mol. The molecule has 0 saturated carbocycles. The van der Waals surface area contributed by atoms with E-state index in [0.29, 0.717) is 17.2 Å². The SMILES string of the molecule is COC(=O)[C@@H](Cc1ccc(C(=O)OC(C)(C)C)cc1)NC(=O)c1cccc(C(F)(F)F)c1. The van der Waals surface area contributed by atoms with Gasteiger partial charge in [-0.15, -0.1) is 0 Å². The minimum atomic E-state index is -4.60. The first-order valence-electron chi connectivity index (χ1n) is 9.68. The van der Waals surface area contributed by atoms with Gasteiger partial charge in [0.1, 0.15) is 11.6 Å². The maximum Gasteiger partial charge on any atom is 0.416 e. The van der Waals surface area contributed by atoms with Gasteiger partial charge in [-0.1, -0.05) is 18.2 Å². The van der Waals surface area contributed by atoms with Crippen LogP contribution in [0.3, 0.4) is 0 Å². The molecule has 6 nitrogen and oxygen atoms in total. The van der Waals surface area contributed by atoms with Gasteiger partial charge in [0.25, 0.3) is 5.91 Å². The fraction of sp³-hybridized carbons (Fsp3) is 0.348. The van der Waals surface area contributed by atoms with Gasteiger partial charge in [0.05, 0.1) is 18.2 Å². The van der Waals surface area contributed by atoms with Crippen LogP contribution in [-0.4, -0.2) is 36.6 Å². The Bertz CT molecular complexity index is 978. The monoisotopic (exact) mass is 451 g/mol. The van der Waals surface area contributed by atoms with Crippen LogP contribution in [0.1, 0.15) is 52.6 Å². The van der Waals surface area contributed by atoms with E-state index in [1.807, 2.05) is 0 Å². The Kier molecular flexibility index (Phi) is 7.66. The summed E-state index contributed by atoms with van der Waals surface area (Å²) in [6.07, 6.45) is -4.60. The molecule has 0 aromatic heterocycles. The molecule has 0 heterocycles. The molecule has 0 unspecified atom stereocenters. The lowest BCUT2D eigenvalue weighted by Gasteiger charge is -2.20. The molecule has 2 rings (SSSR count). The van der Waals surface area contributed by atoms with E-state index in [1.54, 1.807) is 32.9 Å². The summed E-state index contributed by atoms with van der Waals surface area (Å²) in [6, 6.07) is 8.96. The molecule has 0 spiro atoms. The highest BCUT2D eigenvalue weighted by molar-refractivity contribution is 5.97. The second-order valence-corrected chi connectivity index (χ2v) is 8.03. The van der Waals surface area contributed by atoms with Gasteiger partial charge >= 0.3 is 18.1 Å². The Morgan fingerprint density at radius 1 is 0.969 bits per heavy atom. The first kappa shape index (κ1) is 24.9. The summed E-state index contributed by atoms with van der Waals surface area (Å²) in [5.74, 6) is -2.12. The fourth-order valence-electron chi connectivity index (χ4n) is 2.76. The van der Waals surface area contributed by atoms with Crippen LogP contribution in [-0.2, 0) is 26.9 Å². The fourth-order valence-corrected chi connectivity index (χ4v) is 2.76. The van der Waals surface area contributed by atoms with Crippen molar-refractivity contribution in [2.45, 2.75) is 45.0 Å². The number of hydrogen-bond acceptors (Lipinski definition) is 5. The lowest BCUT2D eigenvalue weighted by atomic mass is 10.0. The number of methoxy groups -OCH3 is 1. The van der Waals surface area contributed by atoms with Crippen LogP contribution >= 0.6 is 0 Å². The third kappa shape index (κ3) is 7.11. The van der Waals surface area contributed by atoms with Gasteiger partial charge in [-0.2, -0.15) is 13.2 Å². The Morgan fingerprint density at radius 3 is 2.12 bits per heavy atom. The zero-order valence-corrected chi connectivity index (χ0v) is 18.1. The van der Waals surface area contributed by atoms with E-state index in [0.717, 1.165) is 19.2 Å². The number of esters is 2. The highest BCUT2D eigenvalue weighted by atomic mass is 19.4. The van der Waals surface area contributed by atoms with E-state index in [9.17, 15) is 27.6 Å². The predicted octanol–water partition coefficient (Wildman–Crippen LogP) is 4.17. The third-order valence-electron chi connectivity index (χ3n) is 4.27. The number of hydrogen-bond donors (Lipinski definition) is 1. The van der Waals surface area contributed by atoms with Gasteiger partial charge in [0, 0.05) is 12.0 Å². The number of amides is 1. The first-order valence-corrected chi connectivity index (χ1v) is 9.68. The van der Waals surface area contributed by atoms with Gasteiger partial charge in [-0.05, 0) is 56.7 Å². The molecule has 0 radical (unpaired) electrons. The summed E-state index contributed by atoms with van der Waals surface area (Å²) in [5.41, 5.74) is -0.964. The van der Waals surface area contributed by atoms with Crippen LogP contribution in [0.25, 0.3) is 0 Å². The lowest BCUT2D eigenvalue weighted by Crippen LogP contribution is -2.43. The largest absolute Gasteiger partial charge is 0.467 e. The Balaban J connectivity index is 2.15. The van der Waals surface area contributed by atoms with Crippen molar-refractivity contribution in [3.05, 3.63) is 70.8 Å². The molecule has 0 saturated heterocycles. The van der Waals surface area contributed by atoms with Crippen molar-refractivity contribution in [1.29, 1.82) is 0 Å². The molecule has 172 valence electrons. The molecule has 0 aliphatic heterocycles. The minimum Gasteiger partial charge on any atom is -0.467 e. The molecule has 32 heavy (non-hydrogen) atoms. The standard InChI is InChI=1S/C23H24F3NO5/c1-22(2,3)32-20(29)15-10-8-14(9-11-15)12-18(21(30)31-4)27-19(28)16-6-5-7-17(13-16)23(24,25)26/h5-11,13,18H,12H2,1-4H3,(H,27,28)/t18-/m1/s1. The van der Waals surface area contributed by atoms with Crippen LogP contribution in [0, 0.1) is 0 Å². The zero-order chi connectivity index (χ0) is 24.1. The molecule has 0 fully saturated rings. The molecule has 1 amide bonds. The number of carbonyl (C=O) groups is 3. The molecule has 2 aromatic rings. The minimum absolute atomic E-state index is 0.00593. The maximum absolute atomic E-state index is 12.9. The van der Waals surface area contributed by atoms with E-state index in [-0.39, 0.29) is 12.0 Å². The van der Waals surface area contributed by atoms with Crippen LogP contribution in [0.15, 0.2) is 48.5 Å². The van der Waals surface area contributed by atoms with Crippen molar-refractivity contribution in [2.24, 2.45) is 0 Å². The van der Waals surface area contributed by atoms with Gasteiger partial charge in [0.2, 0.25) is 0 Å². The average molecular weight is 451 g/mol. The third-order valence-corrected chi connectivity index (χ3v) is 4.27. The van der Waals surface area contributed by atoms with E-state index in [2.05, 4.69) is 5.32 Å².